The topological polar surface area (TPSA) is 50.7 Å². The number of ether oxygens (including phenoxy) is 2. The van der Waals surface area contributed by atoms with Crippen molar-refractivity contribution in [3.8, 4) is 5.75 Å². The maximum Gasteiger partial charge on any atom is 0.165 e. The quantitative estimate of drug-likeness (QED) is 0.630. The summed E-state index contributed by atoms with van der Waals surface area (Å²) in [6, 6.07) is 6.27. The lowest BCUT2D eigenvalue weighted by Crippen LogP contribution is -2.23. The zero-order valence-corrected chi connectivity index (χ0v) is 9.69. The summed E-state index contributed by atoms with van der Waals surface area (Å²) in [4.78, 5) is 0. The predicted octanol–water partition coefficient (Wildman–Crippen LogP) is 0.803. The second-order valence-electron chi connectivity index (χ2n) is 3.36. The summed E-state index contributed by atoms with van der Waals surface area (Å²) in [5, 5.41) is 11.5. The van der Waals surface area contributed by atoms with Crippen LogP contribution in [0, 0.1) is 5.82 Å². The molecule has 0 saturated heterocycles. The van der Waals surface area contributed by atoms with Gasteiger partial charge in [-0.1, -0.05) is 12.1 Å². The monoisotopic (exact) mass is 243 g/mol. The summed E-state index contributed by atoms with van der Waals surface area (Å²) >= 11 is 0. The molecule has 0 spiro atoms. The molecule has 0 saturated carbocycles. The third-order valence-corrected chi connectivity index (χ3v) is 2.03. The van der Waals surface area contributed by atoms with Crippen molar-refractivity contribution in [2.45, 2.75) is 0 Å². The first kappa shape index (κ1) is 13.9. The number of nitrogens with one attached hydrogen (secondary N) is 1. The standard InChI is InChI=1S/C12H18FNO3/c13-11-3-1-2-4-12(11)17-10-9-16-8-6-14-5-7-15/h1-4,14-15H,5-10H2. The van der Waals surface area contributed by atoms with Gasteiger partial charge in [0.15, 0.2) is 11.6 Å². The molecule has 0 aliphatic rings. The molecule has 0 unspecified atom stereocenters. The van der Waals surface area contributed by atoms with Gasteiger partial charge in [0.2, 0.25) is 0 Å². The fourth-order valence-electron chi connectivity index (χ4n) is 1.22. The number of aliphatic hydroxyl groups is 1. The Labute approximate surface area is 100 Å². The SMILES string of the molecule is OCCNCCOCCOc1ccccc1F. The number of hydrogen-bond acceptors (Lipinski definition) is 4. The van der Waals surface area contributed by atoms with Crippen molar-refractivity contribution in [2.75, 3.05) is 39.5 Å². The Kier molecular flexibility index (Phi) is 7.29. The first-order valence-electron chi connectivity index (χ1n) is 5.61. The van der Waals surface area contributed by atoms with Gasteiger partial charge in [-0.3, -0.25) is 0 Å². The van der Waals surface area contributed by atoms with Crippen molar-refractivity contribution >= 4 is 0 Å². The molecule has 0 aliphatic carbocycles. The third kappa shape index (κ3) is 6.21. The van der Waals surface area contributed by atoms with Crippen molar-refractivity contribution in [2.24, 2.45) is 0 Å². The maximum atomic E-state index is 13.1. The van der Waals surface area contributed by atoms with Gasteiger partial charge in [-0.05, 0) is 12.1 Å². The van der Waals surface area contributed by atoms with Crippen LogP contribution < -0.4 is 10.1 Å². The summed E-state index contributed by atoms with van der Waals surface area (Å²) in [6.45, 7) is 2.64. The van der Waals surface area contributed by atoms with Gasteiger partial charge < -0.3 is 19.9 Å². The molecule has 5 heteroatoms. The molecule has 96 valence electrons. The lowest BCUT2D eigenvalue weighted by molar-refractivity contribution is 0.0996. The van der Waals surface area contributed by atoms with Crippen LogP contribution in [-0.4, -0.2) is 44.6 Å². The van der Waals surface area contributed by atoms with Crippen molar-refractivity contribution < 1.29 is 19.0 Å². The van der Waals surface area contributed by atoms with Gasteiger partial charge in [0.25, 0.3) is 0 Å². The van der Waals surface area contributed by atoms with Crippen molar-refractivity contribution in [3.63, 3.8) is 0 Å². The fraction of sp³-hybridized carbons (Fsp3) is 0.500. The molecule has 1 aromatic carbocycles. The van der Waals surface area contributed by atoms with Gasteiger partial charge in [0.1, 0.15) is 6.61 Å². The Morgan fingerprint density at radius 3 is 2.71 bits per heavy atom. The molecule has 0 fully saturated rings. The molecule has 1 rings (SSSR count). The van der Waals surface area contributed by atoms with E-state index in [0.29, 0.717) is 32.9 Å². The molecule has 1 aromatic rings. The minimum atomic E-state index is -0.364. The number of halogens is 1. The van der Waals surface area contributed by atoms with Crippen LogP contribution in [-0.2, 0) is 4.74 Å². The zero-order chi connectivity index (χ0) is 12.3. The molecule has 17 heavy (non-hydrogen) atoms. The van der Waals surface area contributed by atoms with Crippen LogP contribution in [0.25, 0.3) is 0 Å². The largest absolute Gasteiger partial charge is 0.488 e. The van der Waals surface area contributed by atoms with E-state index < -0.39 is 0 Å². The van der Waals surface area contributed by atoms with E-state index in [-0.39, 0.29) is 18.2 Å². The number of para-hydroxylation sites is 1. The van der Waals surface area contributed by atoms with E-state index in [9.17, 15) is 4.39 Å². The highest BCUT2D eigenvalue weighted by Gasteiger charge is 2.00. The van der Waals surface area contributed by atoms with Gasteiger partial charge in [-0.2, -0.15) is 0 Å². The molecule has 2 N–H and O–H groups in total. The zero-order valence-electron chi connectivity index (χ0n) is 9.69. The van der Waals surface area contributed by atoms with Gasteiger partial charge in [0.05, 0.1) is 19.8 Å². The predicted molar refractivity (Wildman–Crippen MR) is 62.7 cm³/mol. The minimum absolute atomic E-state index is 0.121. The van der Waals surface area contributed by atoms with Crippen LogP contribution in [0.2, 0.25) is 0 Å². The van der Waals surface area contributed by atoms with E-state index in [4.69, 9.17) is 14.6 Å². The molecular formula is C12H18FNO3. The minimum Gasteiger partial charge on any atom is -0.488 e. The van der Waals surface area contributed by atoms with E-state index in [0.717, 1.165) is 0 Å². The Hall–Kier alpha value is -1.17. The maximum absolute atomic E-state index is 13.1. The van der Waals surface area contributed by atoms with E-state index in [1.54, 1.807) is 18.2 Å². The van der Waals surface area contributed by atoms with Crippen LogP contribution >= 0.6 is 0 Å². The Bertz CT molecular complexity index is 310. The molecule has 0 radical (unpaired) electrons. The van der Waals surface area contributed by atoms with E-state index in [1.165, 1.54) is 6.07 Å². The molecule has 0 bridgehead atoms. The summed E-state index contributed by atoms with van der Waals surface area (Å²) in [6.07, 6.45) is 0. The number of rotatable bonds is 9. The Balaban J connectivity index is 1.99. The van der Waals surface area contributed by atoms with E-state index >= 15 is 0 Å². The van der Waals surface area contributed by atoms with Gasteiger partial charge in [-0.25, -0.2) is 4.39 Å². The Morgan fingerprint density at radius 2 is 1.94 bits per heavy atom. The summed E-state index contributed by atoms with van der Waals surface area (Å²) in [7, 11) is 0. The highest BCUT2D eigenvalue weighted by atomic mass is 19.1. The molecule has 0 aromatic heterocycles. The average Bonchev–Trinajstić information content (AvgIpc) is 2.35. The first-order chi connectivity index (χ1) is 8.34. The molecule has 0 atom stereocenters. The molecule has 0 amide bonds. The van der Waals surface area contributed by atoms with Crippen LogP contribution in [0.4, 0.5) is 4.39 Å². The molecule has 0 heterocycles. The van der Waals surface area contributed by atoms with Crippen LogP contribution in [0.15, 0.2) is 24.3 Å². The smallest absolute Gasteiger partial charge is 0.165 e. The fourth-order valence-corrected chi connectivity index (χ4v) is 1.22. The number of aliphatic hydroxyl groups excluding tert-OH is 1. The second-order valence-corrected chi connectivity index (χ2v) is 3.36. The van der Waals surface area contributed by atoms with Crippen LogP contribution in [0.5, 0.6) is 5.75 Å². The van der Waals surface area contributed by atoms with Crippen LogP contribution in [0.1, 0.15) is 0 Å². The third-order valence-electron chi connectivity index (χ3n) is 2.03. The second kappa shape index (κ2) is 8.92. The highest BCUT2D eigenvalue weighted by molar-refractivity contribution is 5.23. The lowest BCUT2D eigenvalue weighted by Gasteiger charge is -2.08. The molecule has 4 nitrogen and oxygen atoms in total. The first-order valence-corrected chi connectivity index (χ1v) is 5.61. The lowest BCUT2D eigenvalue weighted by atomic mass is 10.3. The Morgan fingerprint density at radius 1 is 1.12 bits per heavy atom. The number of benzene rings is 1. The summed E-state index contributed by atoms with van der Waals surface area (Å²) in [5.74, 6) is -0.119. The molecule has 0 aliphatic heterocycles. The molecular weight excluding hydrogens is 225 g/mol. The van der Waals surface area contributed by atoms with Crippen LogP contribution in [0.3, 0.4) is 0 Å². The highest BCUT2D eigenvalue weighted by Crippen LogP contribution is 2.14. The van der Waals surface area contributed by atoms with Crippen molar-refractivity contribution in [1.29, 1.82) is 0 Å². The van der Waals surface area contributed by atoms with E-state index in [2.05, 4.69) is 5.32 Å². The number of hydrogen-bond donors (Lipinski definition) is 2. The summed E-state index contributed by atoms with van der Waals surface area (Å²) in [5.41, 5.74) is 0. The average molecular weight is 243 g/mol. The van der Waals surface area contributed by atoms with Crippen molar-refractivity contribution in [1.82, 2.24) is 5.32 Å². The van der Waals surface area contributed by atoms with Gasteiger partial charge in [-0.15, -0.1) is 0 Å². The summed E-state index contributed by atoms with van der Waals surface area (Å²) < 4.78 is 23.6. The van der Waals surface area contributed by atoms with E-state index in [1.807, 2.05) is 0 Å². The van der Waals surface area contributed by atoms with Crippen molar-refractivity contribution in [3.05, 3.63) is 30.1 Å². The van der Waals surface area contributed by atoms with Gasteiger partial charge in [0, 0.05) is 13.1 Å². The van der Waals surface area contributed by atoms with Gasteiger partial charge >= 0.3 is 0 Å². The normalized spacial score (nSPS) is 10.5.